The minimum Gasteiger partial charge on any atom is -0.497 e. The van der Waals surface area contributed by atoms with Crippen molar-refractivity contribution in [3.63, 3.8) is 0 Å². The minimum atomic E-state index is 0.467. The smallest absolute Gasteiger partial charge is 0.135 e. The summed E-state index contributed by atoms with van der Waals surface area (Å²) in [6, 6.07) is 5.71. The number of pyridine rings is 1. The Morgan fingerprint density at radius 1 is 1.26 bits per heavy atom. The number of likely N-dealkylation sites (tertiary alicyclic amines) is 1. The maximum absolute atomic E-state index is 5.23. The lowest BCUT2D eigenvalue weighted by atomic mass is 9.95. The highest BCUT2D eigenvalue weighted by Crippen LogP contribution is 2.27. The van der Waals surface area contributed by atoms with Crippen molar-refractivity contribution in [2.75, 3.05) is 32.6 Å². The van der Waals surface area contributed by atoms with E-state index in [0.717, 1.165) is 29.6 Å². The fraction of sp³-hybridized carbons (Fsp3) is 0.471. The molecule has 0 amide bonds. The molecule has 0 saturated carbocycles. The van der Waals surface area contributed by atoms with Crippen LogP contribution in [-0.2, 0) is 0 Å². The second-order valence-electron chi connectivity index (χ2n) is 6.03. The van der Waals surface area contributed by atoms with Gasteiger partial charge in [0.25, 0.3) is 0 Å². The second kappa shape index (κ2) is 6.91. The van der Waals surface area contributed by atoms with Crippen molar-refractivity contribution in [2.24, 2.45) is 0 Å². The van der Waals surface area contributed by atoms with E-state index in [4.69, 9.17) is 4.74 Å². The van der Waals surface area contributed by atoms with E-state index in [1.807, 2.05) is 25.1 Å². The molecule has 2 aromatic rings. The van der Waals surface area contributed by atoms with Crippen molar-refractivity contribution in [1.82, 2.24) is 19.9 Å². The molecule has 1 unspecified atom stereocenters. The molecule has 3 heterocycles. The molecular weight excluding hydrogens is 290 g/mol. The lowest BCUT2D eigenvalue weighted by molar-refractivity contribution is 0.248. The first-order valence-corrected chi connectivity index (χ1v) is 7.95. The van der Waals surface area contributed by atoms with Crippen LogP contribution in [-0.4, -0.2) is 47.1 Å². The zero-order valence-corrected chi connectivity index (χ0v) is 13.9. The van der Waals surface area contributed by atoms with Gasteiger partial charge in [0.05, 0.1) is 12.8 Å². The monoisotopic (exact) mass is 313 g/mol. The van der Waals surface area contributed by atoms with Gasteiger partial charge < -0.3 is 15.0 Å². The summed E-state index contributed by atoms with van der Waals surface area (Å²) in [4.78, 5) is 15.8. The van der Waals surface area contributed by atoms with Gasteiger partial charge in [-0.15, -0.1) is 0 Å². The van der Waals surface area contributed by atoms with Crippen LogP contribution in [0, 0.1) is 6.92 Å². The summed E-state index contributed by atoms with van der Waals surface area (Å²) in [7, 11) is 3.81. The van der Waals surface area contributed by atoms with Crippen molar-refractivity contribution in [3.05, 3.63) is 35.9 Å². The molecule has 6 nitrogen and oxygen atoms in total. The van der Waals surface area contributed by atoms with Gasteiger partial charge in [-0.2, -0.15) is 0 Å². The predicted molar refractivity (Wildman–Crippen MR) is 90.3 cm³/mol. The van der Waals surface area contributed by atoms with Crippen LogP contribution in [0.1, 0.15) is 30.3 Å². The van der Waals surface area contributed by atoms with Crippen LogP contribution >= 0.6 is 0 Å². The van der Waals surface area contributed by atoms with Crippen LogP contribution in [0.4, 0.5) is 11.6 Å². The summed E-state index contributed by atoms with van der Waals surface area (Å²) < 4.78 is 5.23. The lowest BCUT2D eigenvalue weighted by Gasteiger charge is -2.29. The van der Waals surface area contributed by atoms with E-state index >= 15 is 0 Å². The first kappa shape index (κ1) is 15.7. The number of aromatic nitrogens is 3. The largest absolute Gasteiger partial charge is 0.497 e. The van der Waals surface area contributed by atoms with Crippen LogP contribution in [0.3, 0.4) is 0 Å². The minimum absolute atomic E-state index is 0.467. The number of methoxy groups -OCH3 is 1. The molecule has 23 heavy (non-hydrogen) atoms. The van der Waals surface area contributed by atoms with Gasteiger partial charge in [-0.1, -0.05) is 0 Å². The molecule has 3 rings (SSSR count). The number of anilines is 2. The third kappa shape index (κ3) is 3.96. The number of hydrogen-bond donors (Lipinski definition) is 1. The molecular formula is C17H23N5O. The Kier molecular flexibility index (Phi) is 4.71. The van der Waals surface area contributed by atoms with Gasteiger partial charge in [-0.3, -0.25) is 0 Å². The molecule has 0 aromatic carbocycles. The van der Waals surface area contributed by atoms with Gasteiger partial charge in [0.15, 0.2) is 0 Å². The van der Waals surface area contributed by atoms with Gasteiger partial charge >= 0.3 is 0 Å². The Labute approximate surface area is 136 Å². The summed E-state index contributed by atoms with van der Waals surface area (Å²) in [6.45, 7) is 4.15. The maximum Gasteiger partial charge on any atom is 0.135 e. The van der Waals surface area contributed by atoms with Crippen molar-refractivity contribution < 1.29 is 4.74 Å². The lowest BCUT2D eigenvalue weighted by Crippen LogP contribution is -2.31. The fourth-order valence-electron chi connectivity index (χ4n) is 3.01. The highest BCUT2D eigenvalue weighted by Gasteiger charge is 2.21. The molecule has 1 fully saturated rings. The molecule has 6 heteroatoms. The number of likely N-dealkylation sites (N-methyl/N-ethyl adjacent to an activating group) is 1. The summed E-state index contributed by atoms with van der Waals surface area (Å²) in [5.74, 6) is 3.51. The molecule has 0 aliphatic carbocycles. The van der Waals surface area contributed by atoms with Crippen LogP contribution in [0.2, 0.25) is 0 Å². The highest BCUT2D eigenvalue weighted by atomic mass is 16.5. The molecule has 0 spiro atoms. The Morgan fingerprint density at radius 3 is 2.91 bits per heavy atom. The zero-order chi connectivity index (χ0) is 16.2. The molecule has 1 aliphatic rings. The number of ether oxygens (including phenoxy) is 1. The Hall–Kier alpha value is -2.21. The highest BCUT2D eigenvalue weighted by molar-refractivity contribution is 5.54. The quantitative estimate of drug-likeness (QED) is 0.936. The summed E-state index contributed by atoms with van der Waals surface area (Å²) >= 11 is 0. The van der Waals surface area contributed by atoms with E-state index in [1.165, 1.54) is 19.4 Å². The molecule has 2 aromatic heterocycles. The SMILES string of the molecule is COc1ccnc(Nc2cc(C3CCCN(C)C3)nc(C)n2)c1. The molecule has 1 N–H and O–H groups in total. The second-order valence-corrected chi connectivity index (χ2v) is 6.03. The van der Waals surface area contributed by atoms with Gasteiger partial charge in [0.1, 0.15) is 23.2 Å². The normalized spacial score (nSPS) is 18.7. The molecule has 1 aliphatic heterocycles. The van der Waals surface area contributed by atoms with Crippen molar-refractivity contribution in [1.29, 1.82) is 0 Å². The Morgan fingerprint density at radius 2 is 2.13 bits per heavy atom. The number of aryl methyl sites for hydroxylation is 1. The van der Waals surface area contributed by atoms with Crippen molar-refractivity contribution >= 4 is 11.6 Å². The number of nitrogens with zero attached hydrogens (tertiary/aromatic N) is 4. The van der Waals surface area contributed by atoms with Crippen LogP contribution in [0.15, 0.2) is 24.4 Å². The standard InChI is InChI=1S/C17H23N5O/c1-12-19-15(13-5-4-8-22(2)11-13)10-17(20-12)21-16-9-14(23-3)6-7-18-16/h6-7,9-10,13H,4-5,8,11H2,1-3H3,(H,18,19,20,21). The van der Waals surface area contributed by atoms with Gasteiger partial charge in [-0.25, -0.2) is 15.0 Å². The predicted octanol–water partition coefficient (Wildman–Crippen LogP) is 2.74. The van der Waals surface area contributed by atoms with E-state index in [9.17, 15) is 0 Å². The third-order valence-electron chi connectivity index (χ3n) is 4.12. The average molecular weight is 313 g/mol. The molecule has 0 bridgehead atoms. The summed E-state index contributed by atoms with van der Waals surface area (Å²) in [5, 5.41) is 3.25. The number of piperidine rings is 1. The van der Waals surface area contributed by atoms with E-state index in [2.05, 4.69) is 32.2 Å². The Bertz CT molecular complexity index is 676. The topological polar surface area (TPSA) is 63.2 Å². The summed E-state index contributed by atoms with van der Waals surface area (Å²) in [5.41, 5.74) is 1.11. The first-order valence-electron chi connectivity index (χ1n) is 7.95. The van der Waals surface area contributed by atoms with Gasteiger partial charge in [-0.05, 0) is 39.4 Å². The number of rotatable bonds is 4. The molecule has 1 atom stereocenters. The molecule has 1 saturated heterocycles. The van der Waals surface area contributed by atoms with Gasteiger partial charge in [0, 0.05) is 30.8 Å². The van der Waals surface area contributed by atoms with E-state index in [1.54, 1.807) is 13.3 Å². The Balaban J connectivity index is 1.82. The van der Waals surface area contributed by atoms with Gasteiger partial charge in [0.2, 0.25) is 0 Å². The van der Waals surface area contributed by atoms with Crippen LogP contribution < -0.4 is 10.1 Å². The maximum atomic E-state index is 5.23. The van der Waals surface area contributed by atoms with E-state index in [0.29, 0.717) is 11.7 Å². The first-order chi connectivity index (χ1) is 11.1. The number of nitrogens with one attached hydrogen (secondary N) is 1. The van der Waals surface area contributed by atoms with Crippen molar-refractivity contribution in [3.8, 4) is 5.75 Å². The van der Waals surface area contributed by atoms with Crippen molar-refractivity contribution in [2.45, 2.75) is 25.7 Å². The van der Waals surface area contributed by atoms with Crippen LogP contribution in [0.5, 0.6) is 5.75 Å². The number of hydrogen-bond acceptors (Lipinski definition) is 6. The fourth-order valence-corrected chi connectivity index (χ4v) is 3.01. The zero-order valence-electron chi connectivity index (χ0n) is 13.9. The molecule has 0 radical (unpaired) electrons. The summed E-state index contributed by atoms with van der Waals surface area (Å²) in [6.07, 6.45) is 4.11. The van der Waals surface area contributed by atoms with E-state index < -0.39 is 0 Å². The van der Waals surface area contributed by atoms with E-state index in [-0.39, 0.29) is 0 Å². The van der Waals surface area contributed by atoms with Crippen LogP contribution in [0.25, 0.3) is 0 Å². The third-order valence-corrected chi connectivity index (χ3v) is 4.12. The molecule has 122 valence electrons. The average Bonchev–Trinajstić information content (AvgIpc) is 2.54.